The number of benzene rings is 1. The van der Waals surface area contributed by atoms with Gasteiger partial charge in [0.1, 0.15) is 0 Å². The average molecular weight is 245 g/mol. The molecule has 2 fully saturated rings. The van der Waals surface area contributed by atoms with Gasteiger partial charge in [-0.05, 0) is 49.7 Å². The van der Waals surface area contributed by atoms with Crippen molar-refractivity contribution < 1.29 is 4.74 Å². The maximum atomic E-state index is 6.53. The molecule has 18 heavy (non-hydrogen) atoms. The quantitative estimate of drug-likeness (QED) is 0.884. The van der Waals surface area contributed by atoms with Gasteiger partial charge in [0.2, 0.25) is 0 Å². The maximum absolute atomic E-state index is 6.53. The molecule has 1 aliphatic carbocycles. The highest BCUT2D eigenvalue weighted by Crippen LogP contribution is 2.43. The highest BCUT2D eigenvalue weighted by molar-refractivity contribution is 5.35. The molecule has 0 amide bonds. The van der Waals surface area contributed by atoms with Crippen LogP contribution >= 0.6 is 0 Å². The lowest BCUT2D eigenvalue weighted by Gasteiger charge is -2.35. The Kier molecular flexibility index (Phi) is 3.16. The fraction of sp³-hybridized carbons (Fsp3) is 0.625. The molecule has 1 aromatic rings. The summed E-state index contributed by atoms with van der Waals surface area (Å²) in [6.07, 6.45) is 6.22. The second-order valence-electron chi connectivity index (χ2n) is 6.00. The van der Waals surface area contributed by atoms with E-state index in [2.05, 4.69) is 31.2 Å². The van der Waals surface area contributed by atoms with Crippen molar-refractivity contribution in [1.29, 1.82) is 0 Å². The lowest BCUT2D eigenvalue weighted by Crippen LogP contribution is -2.38. The number of nitrogens with two attached hydrogens (primary N) is 1. The number of hydrogen-bond acceptors (Lipinski definition) is 2. The average Bonchev–Trinajstić information content (AvgIpc) is 2.75. The molecule has 2 atom stereocenters. The Balaban J connectivity index is 1.90. The summed E-state index contributed by atoms with van der Waals surface area (Å²) in [5, 5.41) is 0. The molecule has 2 N–H and O–H groups in total. The van der Waals surface area contributed by atoms with Gasteiger partial charge in [0.25, 0.3) is 0 Å². The molecule has 1 saturated heterocycles. The van der Waals surface area contributed by atoms with Gasteiger partial charge in [0.15, 0.2) is 0 Å². The van der Waals surface area contributed by atoms with Gasteiger partial charge in [-0.25, -0.2) is 0 Å². The first kappa shape index (κ1) is 12.2. The summed E-state index contributed by atoms with van der Waals surface area (Å²) in [5.41, 5.74) is 9.14. The minimum absolute atomic E-state index is 0.0109. The molecular weight excluding hydrogens is 222 g/mol. The van der Waals surface area contributed by atoms with E-state index in [1.165, 1.54) is 30.4 Å². The van der Waals surface area contributed by atoms with Crippen LogP contribution in [0.25, 0.3) is 0 Å². The summed E-state index contributed by atoms with van der Waals surface area (Å²) < 4.78 is 5.92. The number of hydrogen-bond donors (Lipinski definition) is 1. The minimum Gasteiger partial charge on any atom is -0.373 e. The largest absolute Gasteiger partial charge is 0.373 e. The van der Waals surface area contributed by atoms with E-state index in [0.717, 1.165) is 25.4 Å². The number of ether oxygens (including phenoxy) is 1. The van der Waals surface area contributed by atoms with E-state index >= 15 is 0 Å². The van der Waals surface area contributed by atoms with Crippen LogP contribution in [-0.2, 0) is 4.74 Å². The smallest absolute Gasteiger partial charge is 0.0847 e. The van der Waals surface area contributed by atoms with E-state index in [1.807, 2.05) is 0 Å². The molecule has 2 nitrogen and oxygen atoms in total. The first-order valence-corrected chi connectivity index (χ1v) is 7.19. The first-order chi connectivity index (χ1) is 8.71. The predicted octanol–water partition coefficient (Wildman–Crippen LogP) is 3.52. The first-order valence-electron chi connectivity index (χ1n) is 7.19. The Morgan fingerprint density at radius 2 is 2.06 bits per heavy atom. The van der Waals surface area contributed by atoms with Crippen molar-refractivity contribution in [2.45, 2.75) is 56.6 Å². The summed E-state index contributed by atoms with van der Waals surface area (Å²) in [6.45, 7) is 3.03. The summed E-state index contributed by atoms with van der Waals surface area (Å²) in [5.74, 6) is 0.734. The molecule has 2 aliphatic rings. The lowest BCUT2D eigenvalue weighted by atomic mass is 9.75. The summed E-state index contributed by atoms with van der Waals surface area (Å²) in [6, 6.07) is 8.72. The third-order valence-corrected chi connectivity index (χ3v) is 4.78. The second-order valence-corrected chi connectivity index (χ2v) is 6.00. The molecule has 0 radical (unpaired) electrons. The molecule has 98 valence electrons. The minimum atomic E-state index is -0.167. The highest BCUT2D eigenvalue weighted by atomic mass is 16.5. The second kappa shape index (κ2) is 4.67. The van der Waals surface area contributed by atoms with Crippen molar-refractivity contribution in [1.82, 2.24) is 0 Å². The molecular formula is C16H23NO. The van der Waals surface area contributed by atoms with Crippen LogP contribution in [0.15, 0.2) is 24.3 Å². The molecule has 0 aromatic heterocycles. The predicted molar refractivity (Wildman–Crippen MR) is 73.6 cm³/mol. The molecule has 1 aliphatic heterocycles. The molecule has 1 aromatic carbocycles. The Labute approximate surface area is 110 Å². The van der Waals surface area contributed by atoms with E-state index < -0.39 is 0 Å². The molecule has 1 saturated carbocycles. The van der Waals surface area contributed by atoms with Crippen LogP contribution in [0.2, 0.25) is 0 Å². The van der Waals surface area contributed by atoms with Crippen molar-refractivity contribution >= 4 is 0 Å². The Hall–Kier alpha value is -0.860. The van der Waals surface area contributed by atoms with Crippen LogP contribution in [0, 0.1) is 0 Å². The van der Waals surface area contributed by atoms with Gasteiger partial charge < -0.3 is 10.5 Å². The highest BCUT2D eigenvalue weighted by Gasteiger charge is 2.38. The summed E-state index contributed by atoms with van der Waals surface area (Å²) >= 11 is 0. The summed E-state index contributed by atoms with van der Waals surface area (Å²) in [4.78, 5) is 0. The summed E-state index contributed by atoms with van der Waals surface area (Å²) in [7, 11) is 0. The topological polar surface area (TPSA) is 35.2 Å². The van der Waals surface area contributed by atoms with Crippen LogP contribution in [0.5, 0.6) is 0 Å². The number of rotatable bonds is 3. The lowest BCUT2D eigenvalue weighted by molar-refractivity contribution is -0.00210. The van der Waals surface area contributed by atoms with Crippen molar-refractivity contribution in [2.24, 2.45) is 5.73 Å². The van der Waals surface area contributed by atoms with E-state index in [1.54, 1.807) is 0 Å². The molecule has 2 unspecified atom stereocenters. The van der Waals surface area contributed by atoms with Crippen molar-refractivity contribution in [2.75, 3.05) is 6.61 Å². The zero-order valence-corrected chi connectivity index (χ0v) is 11.2. The van der Waals surface area contributed by atoms with Gasteiger partial charge in [-0.3, -0.25) is 0 Å². The van der Waals surface area contributed by atoms with E-state index in [4.69, 9.17) is 10.5 Å². The van der Waals surface area contributed by atoms with E-state index in [9.17, 15) is 0 Å². The van der Waals surface area contributed by atoms with Gasteiger partial charge in [-0.15, -0.1) is 0 Å². The van der Waals surface area contributed by atoms with Crippen LogP contribution in [0.1, 0.15) is 62.1 Å². The zero-order chi connectivity index (χ0) is 12.6. The van der Waals surface area contributed by atoms with Crippen molar-refractivity contribution in [3.8, 4) is 0 Å². The Morgan fingerprint density at radius 3 is 2.67 bits per heavy atom. The van der Waals surface area contributed by atoms with Gasteiger partial charge in [0, 0.05) is 6.61 Å². The molecule has 0 bridgehead atoms. The molecule has 2 heteroatoms. The van der Waals surface area contributed by atoms with E-state index in [0.29, 0.717) is 0 Å². The fourth-order valence-electron chi connectivity index (χ4n) is 3.26. The maximum Gasteiger partial charge on any atom is 0.0847 e. The SMILES string of the molecule is CC1(C(N)c2ccccc2C2CCC2)CCCO1. The fourth-order valence-corrected chi connectivity index (χ4v) is 3.26. The van der Waals surface area contributed by atoms with Gasteiger partial charge in [0.05, 0.1) is 11.6 Å². The molecule has 3 rings (SSSR count). The molecule has 1 heterocycles. The van der Waals surface area contributed by atoms with Crippen LogP contribution in [0.4, 0.5) is 0 Å². The van der Waals surface area contributed by atoms with Crippen molar-refractivity contribution in [3.05, 3.63) is 35.4 Å². The van der Waals surface area contributed by atoms with E-state index in [-0.39, 0.29) is 11.6 Å². The Bertz CT molecular complexity index is 419. The van der Waals surface area contributed by atoms with Crippen molar-refractivity contribution in [3.63, 3.8) is 0 Å². The monoisotopic (exact) mass is 245 g/mol. The standard InChI is InChI=1S/C16H23NO/c1-16(10-5-11-18-16)15(17)14-9-3-2-8-13(14)12-6-4-7-12/h2-3,8-9,12,15H,4-7,10-11,17H2,1H3. The van der Waals surface area contributed by atoms with Gasteiger partial charge in [-0.2, -0.15) is 0 Å². The third-order valence-electron chi connectivity index (χ3n) is 4.78. The molecule has 0 spiro atoms. The van der Waals surface area contributed by atoms with Gasteiger partial charge in [-0.1, -0.05) is 30.7 Å². The normalized spacial score (nSPS) is 30.1. The van der Waals surface area contributed by atoms with Crippen LogP contribution in [-0.4, -0.2) is 12.2 Å². The zero-order valence-electron chi connectivity index (χ0n) is 11.2. The Morgan fingerprint density at radius 1 is 1.28 bits per heavy atom. The van der Waals surface area contributed by atoms with Crippen LogP contribution in [0.3, 0.4) is 0 Å². The van der Waals surface area contributed by atoms with Gasteiger partial charge >= 0.3 is 0 Å². The van der Waals surface area contributed by atoms with Crippen LogP contribution < -0.4 is 5.73 Å². The third kappa shape index (κ3) is 1.98.